The Hall–Kier alpha value is 0.230. The Labute approximate surface area is 74.3 Å². The maximum absolute atomic E-state index is 5.25. The highest BCUT2D eigenvalue weighted by molar-refractivity contribution is 7.41. The topological polar surface area (TPSA) is 79.7 Å². The van der Waals surface area contributed by atoms with Crippen LogP contribution in [0.2, 0.25) is 0 Å². The van der Waals surface area contributed by atoms with Crippen LogP contribution in [0.3, 0.4) is 0 Å². The molecule has 6 heteroatoms. The molecule has 5 nitrogen and oxygen atoms in total. The van der Waals surface area contributed by atoms with Crippen LogP contribution in [0.5, 0.6) is 0 Å². The van der Waals surface area contributed by atoms with Gasteiger partial charge in [0, 0.05) is 13.1 Å². The average molecular weight is 196 g/mol. The molecule has 0 unspecified atom stereocenters. The zero-order chi connectivity index (χ0) is 9.23. The first-order valence-corrected chi connectivity index (χ1v) is 5.03. The van der Waals surface area contributed by atoms with Gasteiger partial charge in [0.1, 0.15) is 0 Å². The highest BCUT2D eigenvalue weighted by atomic mass is 31.2. The molecule has 0 radical (unpaired) electrons. The summed E-state index contributed by atoms with van der Waals surface area (Å²) in [4.78, 5) is 0. The van der Waals surface area contributed by atoms with Gasteiger partial charge in [-0.2, -0.15) is 0 Å². The first-order chi connectivity index (χ1) is 5.85. The molecule has 0 aliphatic heterocycles. The standard InChI is InChI=1S/C6H17N2O3P/c1-2-9-12(10-5-3-7)11-6-4-8/h2-8H2,1H3. The fourth-order valence-electron chi connectivity index (χ4n) is 0.472. The smallest absolute Gasteiger partial charge is 0.328 e. The molecule has 0 aliphatic rings. The van der Waals surface area contributed by atoms with Crippen molar-refractivity contribution >= 4 is 8.60 Å². The average Bonchev–Trinajstić information content (AvgIpc) is 2.10. The van der Waals surface area contributed by atoms with Crippen molar-refractivity contribution in [1.29, 1.82) is 0 Å². The van der Waals surface area contributed by atoms with Crippen molar-refractivity contribution in [1.82, 2.24) is 0 Å². The third kappa shape index (κ3) is 6.91. The fraction of sp³-hybridized carbons (Fsp3) is 1.00. The molecule has 4 N–H and O–H groups in total. The number of nitrogens with two attached hydrogens (primary N) is 2. The van der Waals surface area contributed by atoms with Gasteiger partial charge in [0.15, 0.2) is 0 Å². The van der Waals surface area contributed by atoms with Gasteiger partial charge in [-0.15, -0.1) is 0 Å². The highest BCUT2D eigenvalue weighted by Gasteiger charge is 2.09. The van der Waals surface area contributed by atoms with E-state index in [0.717, 1.165) is 0 Å². The summed E-state index contributed by atoms with van der Waals surface area (Å²) in [6, 6.07) is 0. The molecule has 0 atom stereocenters. The summed E-state index contributed by atoms with van der Waals surface area (Å²) in [5.74, 6) is 0. The van der Waals surface area contributed by atoms with E-state index in [1.807, 2.05) is 6.92 Å². The van der Waals surface area contributed by atoms with Gasteiger partial charge in [0.25, 0.3) is 0 Å². The minimum Gasteiger partial charge on any atom is -0.328 e. The zero-order valence-electron chi connectivity index (χ0n) is 7.36. The van der Waals surface area contributed by atoms with Crippen molar-refractivity contribution in [3.63, 3.8) is 0 Å². The van der Waals surface area contributed by atoms with Gasteiger partial charge >= 0.3 is 8.60 Å². The largest absolute Gasteiger partial charge is 0.332 e. The number of rotatable bonds is 8. The summed E-state index contributed by atoms with van der Waals surface area (Å²) in [5, 5.41) is 0. The van der Waals surface area contributed by atoms with Crippen molar-refractivity contribution in [3.8, 4) is 0 Å². The highest BCUT2D eigenvalue weighted by Crippen LogP contribution is 2.38. The molecule has 0 heterocycles. The lowest BCUT2D eigenvalue weighted by Gasteiger charge is -2.14. The van der Waals surface area contributed by atoms with E-state index in [2.05, 4.69) is 0 Å². The fourth-order valence-corrected chi connectivity index (χ4v) is 1.42. The van der Waals surface area contributed by atoms with Crippen LogP contribution in [0.15, 0.2) is 0 Å². The first-order valence-electron chi connectivity index (χ1n) is 3.94. The Bertz CT molecular complexity index is 88.9. The monoisotopic (exact) mass is 196 g/mol. The summed E-state index contributed by atoms with van der Waals surface area (Å²) < 4.78 is 15.5. The normalized spacial score (nSPS) is 11.0. The number of hydrogen-bond acceptors (Lipinski definition) is 5. The van der Waals surface area contributed by atoms with E-state index in [0.29, 0.717) is 32.9 Å². The molecule has 0 rings (SSSR count). The molecular formula is C6H17N2O3P. The van der Waals surface area contributed by atoms with Crippen LogP contribution in [0.1, 0.15) is 6.92 Å². The van der Waals surface area contributed by atoms with Gasteiger partial charge in [-0.1, -0.05) is 0 Å². The quantitative estimate of drug-likeness (QED) is 0.542. The van der Waals surface area contributed by atoms with Crippen LogP contribution in [0, 0.1) is 0 Å². The Morgan fingerprint density at radius 1 is 1.00 bits per heavy atom. The van der Waals surface area contributed by atoms with E-state index >= 15 is 0 Å². The van der Waals surface area contributed by atoms with Crippen LogP contribution < -0.4 is 11.5 Å². The van der Waals surface area contributed by atoms with E-state index in [9.17, 15) is 0 Å². The molecule has 74 valence electrons. The molecule has 0 saturated carbocycles. The lowest BCUT2D eigenvalue weighted by molar-refractivity contribution is 0.171. The minimum atomic E-state index is -1.23. The Kier molecular flexibility index (Phi) is 9.50. The molecule has 0 spiro atoms. The maximum Gasteiger partial charge on any atom is 0.332 e. The van der Waals surface area contributed by atoms with Crippen LogP contribution in [-0.4, -0.2) is 32.9 Å². The molecule has 0 fully saturated rings. The van der Waals surface area contributed by atoms with Crippen molar-refractivity contribution in [2.45, 2.75) is 6.92 Å². The molecule has 0 amide bonds. The predicted octanol–water partition coefficient (Wildman–Crippen LogP) is 0.200. The lowest BCUT2D eigenvalue weighted by atomic mass is 10.8. The summed E-state index contributed by atoms with van der Waals surface area (Å²) in [7, 11) is -1.23. The molecule has 0 aromatic rings. The van der Waals surface area contributed by atoms with Gasteiger partial charge in [-0.25, -0.2) is 0 Å². The maximum atomic E-state index is 5.25. The third-order valence-corrected chi connectivity index (χ3v) is 2.12. The van der Waals surface area contributed by atoms with E-state index in [-0.39, 0.29) is 0 Å². The van der Waals surface area contributed by atoms with Crippen LogP contribution in [0.4, 0.5) is 0 Å². The van der Waals surface area contributed by atoms with E-state index in [1.54, 1.807) is 0 Å². The summed E-state index contributed by atoms with van der Waals surface area (Å²) >= 11 is 0. The lowest BCUT2D eigenvalue weighted by Crippen LogP contribution is -2.10. The zero-order valence-corrected chi connectivity index (χ0v) is 8.26. The molecule has 0 aromatic carbocycles. The molecular weight excluding hydrogens is 179 g/mol. The summed E-state index contributed by atoms with van der Waals surface area (Å²) in [5.41, 5.74) is 10.5. The van der Waals surface area contributed by atoms with Crippen molar-refractivity contribution < 1.29 is 13.6 Å². The van der Waals surface area contributed by atoms with Gasteiger partial charge in [-0.05, 0) is 6.92 Å². The van der Waals surface area contributed by atoms with Gasteiger partial charge in [0.05, 0.1) is 19.8 Å². The molecule has 0 aliphatic carbocycles. The minimum absolute atomic E-state index is 0.455. The van der Waals surface area contributed by atoms with Gasteiger partial charge < -0.3 is 25.0 Å². The third-order valence-electron chi connectivity index (χ3n) is 0.864. The summed E-state index contributed by atoms with van der Waals surface area (Å²) in [6.45, 7) is 4.30. The molecule has 0 aromatic heterocycles. The van der Waals surface area contributed by atoms with Crippen molar-refractivity contribution in [3.05, 3.63) is 0 Å². The summed E-state index contributed by atoms with van der Waals surface area (Å²) in [6.07, 6.45) is 0. The Balaban J connectivity index is 3.40. The van der Waals surface area contributed by atoms with Gasteiger partial charge in [0.2, 0.25) is 0 Å². The van der Waals surface area contributed by atoms with E-state index < -0.39 is 8.60 Å². The Morgan fingerprint density at radius 3 is 1.83 bits per heavy atom. The molecule has 0 bridgehead atoms. The number of hydrogen-bond donors (Lipinski definition) is 2. The molecule has 12 heavy (non-hydrogen) atoms. The van der Waals surface area contributed by atoms with Crippen molar-refractivity contribution in [2.24, 2.45) is 11.5 Å². The van der Waals surface area contributed by atoms with Crippen LogP contribution in [0.25, 0.3) is 0 Å². The Morgan fingerprint density at radius 2 is 1.50 bits per heavy atom. The first kappa shape index (κ1) is 12.2. The van der Waals surface area contributed by atoms with Crippen LogP contribution >= 0.6 is 8.60 Å². The molecule has 0 saturated heterocycles. The predicted molar refractivity (Wildman–Crippen MR) is 48.6 cm³/mol. The van der Waals surface area contributed by atoms with E-state index in [4.69, 9.17) is 25.0 Å². The SMILES string of the molecule is CCOP(OCCN)OCCN. The van der Waals surface area contributed by atoms with Crippen molar-refractivity contribution in [2.75, 3.05) is 32.9 Å². The van der Waals surface area contributed by atoms with Gasteiger partial charge in [-0.3, -0.25) is 0 Å². The second-order valence-corrected chi connectivity index (χ2v) is 3.11. The second-order valence-electron chi connectivity index (χ2n) is 1.89. The second kappa shape index (κ2) is 9.32. The van der Waals surface area contributed by atoms with E-state index in [1.165, 1.54) is 0 Å². The van der Waals surface area contributed by atoms with Crippen LogP contribution in [-0.2, 0) is 13.6 Å².